The fourth-order valence-electron chi connectivity index (χ4n) is 2.74. The maximum atomic E-state index is 12.6. The Morgan fingerprint density at radius 3 is 2.71 bits per heavy atom. The molecule has 4 nitrogen and oxygen atoms in total. The number of fused-ring (bicyclic) bond motifs is 1. The zero-order valence-electron chi connectivity index (χ0n) is 13.0. The quantitative estimate of drug-likeness (QED) is 0.757. The van der Waals surface area contributed by atoms with Crippen molar-refractivity contribution in [3.8, 4) is 0 Å². The van der Waals surface area contributed by atoms with Crippen LogP contribution in [0, 0.1) is 13.8 Å². The van der Waals surface area contributed by atoms with Crippen LogP contribution in [0.5, 0.6) is 0 Å². The summed E-state index contributed by atoms with van der Waals surface area (Å²) in [6.07, 6.45) is 2.21. The van der Waals surface area contributed by atoms with E-state index < -0.39 is 17.0 Å². The molecule has 0 radical (unpaired) electrons. The molecule has 2 atom stereocenters. The Bertz CT molecular complexity index is 582. The van der Waals surface area contributed by atoms with E-state index in [1.54, 1.807) is 6.92 Å². The third kappa shape index (κ3) is 3.42. The molecule has 0 saturated heterocycles. The number of rotatable bonds is 6. The van der Waals surface area contributed by atoms with Gasteiger partial charge in [-0.15, -0.1) is 0 Å². The van der Waals surface area contributed by atoms with Gasteiger partial charge in [0.15, 0.2) is 11.4 Å². The molecule has 0 aliphatic heterocycles. The van der Waals surface area contributed by atoms with Gasteiger partial charge in [0.25, 0.3) is 0 Å². The van der Waals surface area contributed by atoms with Gasteiger partial charge in [-0.2, -0.15) is 4.21 Å². The van der Waals surface area contributed by atoms with E-state index in [1.165, 1.54) is 0 Å². The molecule has 0 spiro atoms. The highest BCUT2D eigenvalue weighted by molar-refractivity contribution is 7.75. The molecular weight excluding hydrogens is 288 g/mol. The summed E-state index contributed by atoms with van der Waals surface area (Å²) in [5.41, 5.74) is 2.63. The van der Waals surface area contributed by atoms with Crippen LogP contribution in [0.15, 0.2) is 12.1 Å². The number of carbonyl (C=O) groups is 1. The van der Waals surface area contributed by atoms with Crippen molar-refractivity contribution in [1.29, 1.82) is 0 Å². The van der Waals surface area contributed by atoms with Crippen LogP contribution >= 0.6 is 0 Å². The van der Waals surface area contributed by atoms with Crippen molar-refractivity contribution in [3.63, 3.8) is 0 Å². The summed E-state index contributed by atoms with van der Waals surface area (Å²) < 4.78 is 22.4. The Balaban J connectivity index is 2.14. The predicted octanol–water partition coefficient (Wildman–Crippen LogP) is 3.21. The number of unbranched alkanes of at least 4 members (excludes halogenated alkanes) is 1. The van der Waals surface area contributed by atoms with E-state index >= 15 is 0 Å². The molecule has 1 aromatic rings. The molecule has 1 aliphatic carbocycles. The summed E-state index contributed by atoms with van der Waals surface area (Å²) in [7, 11) is 0. The van der Waals surface area contributed by atoms with Gasteiger partial charge in [-0.1, -0.05) is 31.0 Å². The summed E-state index contributed by atoms with van der Waals surface area (Å²) >= 11 is -1.89. The van der Waals surface area contributed by atoms with Crippen molar-refractivity contribution < 1.29 is 17.4 Å². The maximum absolute atomic E-state index is 12.6. The number of aryl methyl sites for hydroxylation is 2. The normalized spacial score (nSPS) is 22.4. The van der Waals surface area contributed by atoms with Crippen LogP contribution in [0.3, 0.4) is 0 Å². The number of benzene rings is 1. The number of hydrogen-bond acceptors (Lipinski definition) is 4. The SMILES string of the molecule is CCCCOS(=O)OC1(C)Cc2cc(C)cc(C)c2C1=O. The van der Waals surface area contributed by atoms with Crippen LogP contribution in [0.25, 0.3) is 0 Å². The fraction of sp³-hybridized carbons (Fsp3) is 0.562. The molecule has 2 unspecified atom stereocenters. The number of hydrogen-bond donors (Lipinski definition) is 0. The van der Waals surface area contributed by atoms with Gasteiger partial charge >= 0.3 is 11.4 Å². The van der Waals surface area contributed by atoms with Crippen molar-refractivity contribution in [2.75, 3.05) is 6.61 Å². The van der Waals surface area contributed by atoms with E-state index in [0.29, 0.717) is 18.6 Å². The van der Waals surface area contributed by atoms with E-state index in [2.05, 4.69) is 0 Å². The van der Waals surface area contributed by atoms with Gasteiger partial charge in [0.2, 0.25) is 0 Å². The lowest BCUT2D eigenvalue weighted by atomic mass is 10.00. The Labute approximate surface area is 128 Å². The van der Waals surface area contributed by atoms with E-state index in [0.717, 1.165) is 29.5 Å². The standard InChI is InChI=1S/C16H22O4S/c1-5-6-7-19-21(18)20-16(4)10-13-9-11(2)8-12(3)14(13)15(16)17/h8-9H,5-7,10H2,1-4H3. The molecule has 0 amide bonds. The summed E-state index contributed by atoms with van der Waals surface area (Å²) in [6.45, 7) is 8.00. The fourth-order valence-corrected chi connectivity index (χ4v) is 3.48. The third-order valence-corrected chi connectivity index (χ3v) is 4.59. The van der Waals surface area contributed by atoms with Gasteiger partial charge in [-0.3, -0.25) is 13.2 Å². The maximum Gasteiger partial charge on any atom is 0.305 e. The summed E-state index contributed by atoms with van der Waals surface area (Å²) in [6, 6.07) is 3.98. The van der Waals surface area contributed by atoms with E-state index in [9.17, 15) is 9.00 Å². The van der Waals surface area contributed by atoms with Gasteiger partial charge in [0.05, 0.1) is 6.61 Å². The second kappa shape index (κ2) is 6.38. The zero-order valence-corrected chi connectivity index (χ0v) is 13.8. The van der Waals surface area contributed by atoms with Crippen LogP contribution in [0.2, 0.25) is 0 Å². The van der Waals surface area contributed by atoms with Gasteiger partial charge in [0, 0.05) is 12.0 Å². The molecule has 21 heavy (non-hydrogen) atoms. The van der Waals surface area contributed by atoms with Crippen LogP contribution in [0.4, 0.5) is 0 Å². The van der Waals surface area contributed by atoms with E-state index in [4.69, 9.17) is 8.37 Å². The van der Waals surface area contributed by atoms with Crippen LogP contribution < -0.4 is 0 Å². The molecule has 116 valence electrons. The molecule has 0 heterocycles. The lowest BCUT2D eigenvalue weighted by Crippen LogP contribution is -2.37. The third-order valence-electron chi connectivity index (χ3n) is 3.73. The first-order valence-corrected chi connectivity index (χ1v) is 8.27. The average Bonchev–Trinajstić information content (AvgIpc) is 2.61. The monoisotopic (exact) mass is 310 g/mol. The molecular formula is C16H22O4S. The number of ketones is 1. The van der Waals surface area contributed by atoms with Gasteiger partial charge in [-0.25, -0.2) is 0 Å². The summed E-state index contributed by atoms with van der Waals surface area (Å²) in [5.74, 6) is -0.109. The molecule has 2 rings (SSSR count). The number of carbonyl (C=O) groups excluding carboxylic acids is 1. The molecule has 0 aromatic heterocycles. The molecule has 1 aromatic carbocycles. The van der Waals surface area contributed by atoms with Crippen LogP contribution in [-0.2, 0) is 26.1 Å². The largest absolute Gasteiger partial charge is 0.305 e. The molecule has 0 bridgehead atoms. The Kier molecular flexibility index (Phi) is 4.96. The second-order valence-electron chi connectivity index (χ2n) is 5.82. The van der Waals surface area contributed by atoms with Gasteiger partial charge in [-0.05, 0) is 38.3 Å². The van der Waals surface area contributed by atoms with E-state index in [1.807, 2.05) is 32.9 Å². The van der Waals surface area contributed by atoms with Crippen molar-refractivity contribution >= 4 is 17.1 Å². The van der Waals surface area contributed by atoms with Gasteiger partial charge < -0.3 is 0 Å². The lowest BCUT2D eigenvalue weighted by molar-refractivity contribution is 0.0559. The summed E-state index contributed by atoms with van der Waals surface area (Å²) in [4.78, 5) is 12.6. The summed E-state index contributed by atoms with van der Waals surface area (Å²) in [5, 5.41) is 0. The van der Waals surface area contributed by atoms with Crippen LogP contribution in [0.1, 0.15) is 53.7 Å². The highest BCUT2D eigenvalue weighted by atomic mass is 32.2. The minimum atomic E-state index is -1.89. The molecule has 0 fully saturated rings. The number of Topliss-reactive ketones (excluding diaryl/α,β-unsaturated/α-hetero) is 1. The first-order chi connectivity index (χ1) is 9.87. The van der Waals surface area contributed by atoms with E-state index in [-0.39, 0.29) is 5.78 Å². The zero-order chi connectivity index (χ0) is 15.6. The van der Waals surface area contributed by atoms with Crippen molar-refractivity contribution in [1.82, 2.24) is 0 Å². The Morgan fingerprint density at radius 1 is 1.33 bits per heavy atom. The lowest BCUT2D eigenvalue weighted by Gasteiger charge is -2.20. The molecule has 1 aliphatic rings. The first kappa shape index (κ1) is 16.3. The van der Waals surface area contributed by atoms with Crippen LogP contribution in [-0.4, -0.2) is 22.2 Å². The molecule has 0 N–H and O–H groups in total. The highest BCUT2D eigenvalue weighted by Crippen LogP contribution is 2.36. The second-order valence-corrected chi connectivity index (χ2v) is 6.63. The molecule has 5 heteroatoms. The smallest absolute Gasteiger partial charge is 0.291 e. The van der Waals surface area contributed by atoms with Crippen molar-refractivity contribution in [2.24, 2.45) is 0 Å². The highest BCUT2D eigenvalue weighted by Gasteiger charge is 2.45. The Morgan fingerprint density at radius 2 is 2.05 bits per heavy atom. The first-order valence-electron chi connectivity index (χ1n) is 7.27. The van der Waals surface area contributed by atoms with Crippen molar-refractivity contribution in [2.45, 2.75) is 52.6 Å². The minimum absolute atomic E-state index is 0.109. The predicted molar refractivity (Wildman–Crippen MR) is 82.4 cm³/mol. The average molecular weight is 310 g/mol. The minimum Gasteiger partial charge on any atom is -0.291 e. The molecule has 0 saturated carbocycles. The van der Waals surface area contributed by atoms with Crippen molar-refractivity contribution in [3.05, 3.63) is 34.4 Å². The topological polar surface area (TPSA) is 52.6 Å². The van der Waals surface area contributed by atoms with Gasteiger partial charge in [0.1, 0.15) is 0 Å². The Hall–Kier alpha value is -1.04.